The van der Waals surface area contributed by atoms with Crippen LogP contribution < -0.4 is 10.0 Å². The Labute approximate surface area is 163 Å². The van der Waals surface area contributed by atoms with Crippen LogP contribution in [-0.4, -0.2) is 53.9 Å². The zero-order chi connectivity index (χ0) is 18.7. The van der Waals surface area contributed by atoms with Gasteiger partial charge in [-0.1, -0.05) is 12.5 Å². The molecule has 150 valence electrons. The van der Waals surface area contributed by atoms with Crippen molar-refractivity contribution in [2.45, 2.75) is 48.9 Å². The summed E-state index contributed by atoms with van der Waals surface area (Å²) in [5, 5.41) is 2.95. The quantitative estimate of drug-likeness (QED) is 0.689. The van der Waals surface area contributed by atoms with Gasteiger partial charge in [0.2, 0.25) is 20.0 Å². The topological polar surface area (TPSA) is 95.6 Å². The molecule has 0 saturated carbocycles. The smallest absolute Gasteiger partial charge is 0.243 e. The number of rotatable bonds is 7. The van der Waals surface area contributed by atoms with Crippen LogP contribution in [0.4, 0.5) is 0 Å². The van der Waals surface area contributed by atoms with Crippen molar-refractivity contribution in [2.24, 2.45) is 0 Å². The largest absolute Gasteiger partial charge is 0.316 e. The van der Waals surface area contributed by atoms with Gasteiger partial charge in [0, 0.05) is 25.7 Å². The molecule has 1 aliphatic heterocycles. The van der Waals surface area contributed by atoms with Crippen molar-refractivity contribution in [3.8, 4) is 0 Å². The predicted molar refractivity (Wildman–Crippen MR) is 105 cm³/mol. The van der Waals surface area contributed by atoms with Crippen LogP contribution >= 0.6 is 12.4 Å². The fraction of sp³-hybridized carbons (Fsp3) is 0.625. The second kappa shape index (κ2) is 9.48. The third kappa shape index (κ3) is 5.40. The van der Waals surface area contributed by atoms with Crippen LogP contribution in [0.2, 0.25) is 0 Å². The lowest BCUT2D eigenvalue weighted by Crippen LogP contribution is -2.37. The highest BCUT2D eigenvalue weighted by Gasteiger charge is 2.28. The van der Waals surface area contributed by atoms with E-state index in [1.807, 2.05) is 6.92 Å². The third-order valence-corrected chi connectivity index (χ3v) is 7.93. The summed E-state index contributed by atoms with van der Waals surface area (Å²) < 4.78 is 54.7. The van der Waals surface area contributed by atoms with E-state index in [0.29, 0.717) is 18.7 Å². The zero-order valence-electron chi connectivity index (χ0n) is 15.4. The minimum absolute atomic E-state index is 0. The monoisotopic (exact) mass is 425 g/mol. The van der Waals surface area contributed by atoms with Gasteiger partial charge in [-0.25, -0.2) is 21.6 Å². The normalized spacial score (nSPS) is 17.5. The van der Waals surface area contributed by atoms with Gasteiger partial charge in [-0.05, 0) is 51.4 Å². The summed E-state index contributed by atoms with van der Waals surface area (Å²) in [6, 6.07) is 4.27. The molecule has 26 heavy (non-hydrogen) atoms. The first kappa shape index (κ1) is 23.3. The van der Waals surface area contributed by atoms with Gasteiger partial charge in [-0.15, -0.1) is 12.4 Å². The molecule has 0 amide bonds. The Hall–Kier alpha value is -0.710. The first-order chi connectivity index (χ1) is 11.7. The minimum atomic E-state index is -3.78. The van der Waals surface area contributed by atoms with Crippen molar-refractivity contribution in [2.75, 3.05) is 26.7 Å². The number of hydrogen-bond acceptors (Lipinski definition) is 5. The van der Waals surface area contributed by atoms with Crippen molar-refractivity contribution in [1.29, 1.82) is 0 Å². The maximum absolute atomic E-state index is 12.8. The van der Waals surface area contributed by atoms with E-state index < -0.39 is 20.0 Å². The molecule has 2 N–H and O–H groups in total. The number of hydrogen-bond donors (Lipinski definition) is 2. The summed E-state index contributed by atoms with van der Waals surface area (Å²) in [6.45, 7) is 4.70. The van der Waals surface area contributed by atoms with Gasteiger partial charge in [-0.3, -0.25) is 0 Å². The van der Waals surface area contributed by atoms with Crippen LogP contribution in [0, 0.1) is 6.92 Å². The molecule has 1 aromatic rings. The van der Waals surface area contributed by atoms with Gasteiger partial charge in [0.15, 0.2) is 0 Å². The number of sulfonamides is 2. The number of aryl methyl sites for hydroxylation is 1. The van der Waals surface area contributed by atoms with Crippen LogP contribution in [0.15, 0.2) is 28.0 Å². The fourth-order valence-electron chi connectivity index (χ4n) is 2.70. The average molecular weight is 426 g/mol. The molecule has 2 rings (SSSR count). The highest BCUT2D eigenvalue weighted by Crippen LogP contribution is 2.24. The Morgan fingerprint density at radius 1 is 1.12 bits per heavy atom. The van der Waals surface area contributed by atoms with Gasteiger partial charge < -0.3 is 5.32 Å². The molecule has 7 nitrogen and oxygen atoms in total. The van der Waals surface area contributed by atoms with E-state index in [9.17, 15) is 16.8 Å². The van der Waals surface area contributed by atoms with Crippen molar-refractivity contribution >= 4 is 32.5 Å². The molecule has 1 aliphatic rings. The van der Waals surface area contributed by atoms with E-state index in [1.165, 1.54) is 16.4 Å². The molecular weight excluding hydrogens is 398 g/mol. The number of piperidine rings is 1. The molecule has 0 aromatic heterocycles. The Morgan fingerprint density at radius 3 is 2.31 bits per heavy atom. The molecule has 10 heteroatoms. The highest BCUT2D eigenvalue weighted by atomic mass is 35.5. The minimum Gasteiger partial charge on any atom is -0.316 e. The Morgan fingerprint density at radius 2 is 1.73 bits per heavy atom. The maximum Gasteiger partial charge on any atom is 0.243 e. The number of nitrogens with one attached hydrogen (secondary N) is 2. The molecular formula is C16H28ClN3O4S2. The number of likely N-dealkylation sites (N-methyl/N-ethyl adjacent to an activating group) is 1. The second-order valence-corrected chi connectivity index (χ2v) is 10.1. The summed E-state index contributed by atoms with van der Waals surface area (Å²) in [5.41, 5.74) is 0.516. The van der Waals surface area contributed by atoms with E-state index in [0.717, 1.165) is 19.3 Å². The molecule has 1 aromatic carbocycles. The lowest BCUT2D eigenvalue weighted by Gasteiger charge is -2.26. The number of nitrogens with zero attached hydrogens (tertiary/aromatic N) is 1. The van der Waals surface area contributed by atoms with Crippen LogP contribution in [0.1, 0.15) is 31.7 Å². The first-order valence-corrected chi connectivity index (χ1v) is 11.4. The Bertz CT molecular complexity index is 807. The van der Waals surface area contributed by atoms with E-state index in [4.69, 9.17) is 0 Å². The summed E-state index contributed by atoms with van der Waals surface area (Å²) in [7, 11) is -5.71. The Balaban J connectivity index is 0.00000338. The van der Waals surface area contributed by atoms with E-state index in [2.05, 4.69) is 10.0 Å². The standard InChI is InChI=1S/C16H27N3O4S2.ClH/c1-13-7-8-15(25(22,23)19-9-5-4-6-10-19)11-16(13)24(20,21)18-12-14(2)17-3;/h7-8,11,14,17-18H,4-6,9-10,12H2,1-3H3;1H. The predicted octanol–water partition coefficient (Wildman–Crippen LogP) is 1.48. The number of benzene rings is 1. The third-order valence-electron chi connectivity index (χ3n) is 4.47. The summed E-state index contributed by atoms with van der Waals surface area (Å²) in [6.07, 6.45) is 2.69. The highest BCUT2D eigenvalue weighted by molar-refractivity contribution is 7.90. The van der Waals surface area contributed by atoms with Crippen LogP contribution in [-0.2, 0) is 20.0 Å². The zero-order valence-corrected chi connectivity index (χ0v) is 17.8. The Kier molecular flexibility index (Phi) is 8.50. The summed E-state index contributed by atoms with van der Waals surface area (Å²) in [5.74, 6) is 0. The molecule has 0 spiro atoms. The lowest BCUT2D eigenvalue weighted by molar-refractivity contribution is 0.346. The van der Waals surface area contributed by atoms with Crippen molar-refractivity contribution in [3.05, 3.63) is 23.8 Å². The molecule has 0 radical (unpaired) electrons. The fourth-order valence-corrected chi connectivity index (χ4v) is 5.72. The van der Waals surface area contributed by atoms with Gasteiger partial charge in [0.05, 0.1) is 9.79 Å². The maximum atomic E-state index is 12.8. The molecule has 1 atom stereocenters. The van der Waals surface area contributed by atoms with Crippen molar-refractivity contribution in [1.82, 2.24) is 14.3 Å². The number of halogens is 1. The lowest BCUT2D eigenvalue weighted by atomic mass is 10.2. The van der Waals surface area contributed by atoms with Crippen LogP contribution in [0.3, 0.4) is 0 Å². The molecule has 1 unspecified atom stereocenters. The average Bonchev–Trinajstić information content (AvgIpc) is 2.60. The molecule has 1 heterocycles. The van der Waals surface area contributed by atoms with E-state index >= 15 is 0 Å². The van der Waals surface area contributed by atoms with Gasteiger partial charge in [0.1, 0.15) is 0 Å². The summed E-state index contributed by atoms with van der Waals surface area (Å²) >= 11 is 0. The molecule has 1 fully saturated rings. The SMILES string of the molecule is CNC(C)CNS(=O)(=O)c1cc(S(=O)(=O)N2CCCCC2)ccc1C.Cl. The van der Waals surface area contributed by atoms with Crippen LogP contribution in [0.25, 0.3) is 0 Å². The van der Waals surface area contributed by atoms with Gasteiger partial charge in [-0.2, -0.15) is 4.31 Å². The van der Waals surface area contributed by atoms with E-state index in [1.54, 1.807) is 20.0 Å². The van der Waals surface area contributed by atoms with Gasteiger partial charge >= 0.3 is 0 Å². The molecule has 0 bridgehead atoms. The van der Waals surface area contributed by atoms with Gasteiger partial charge in [0.25, 0.3) is 0 Å². The van der Waals surface area contributed by atoms with Crippen molar-refractivity contribution in [3.63, 3.8) is 0 Å². The molecule has 0 aliphatic carbocycles. The van der Waals surface area contributed by atoms with Crippen molar-refractivity contribution < 1.29 is 16.8 Å². The molecule has 1 saturated heterocycles. The summed E-state index contributed by atoms with van der Waals surface area (Å²) in [4.78, 5) is 0.0379. The van der Waals surface area contributed by atoms with Crippen LogP contribution in [0.5, 0.6) is 0 Å². The second-order valence-electron chi connectivity index (χ2n) is 6.43. The first-order valence-electron chi connectivity index (χ1n) is 8.46. The van der Waals surface area contributed by atoms with E-state index in [-0.39, 0.29) is 34.8 Å².